The Morgan fingerprint density at radius 3 is 2.06 bits per heavy atom. The number of nitrogens with zero attached hydrogens (tertiary/aromatic N) is 3. The zero-order valence-electron chi connectivity index (χ0n) is 35.7. The number of para-hydroxylation sites is 1. The molecule has 0 saturated heterocycles. The lowest BCUT2D eigenvalue weighted by molar-refractivity contribution is 0.607. The monoisotopic (exact) mass is 809 g/mol. The molecule has 12 rings (SSSR count). The van der Waals surface area contributed by atoms with E-state index in [1.165, 1.54) is 71.8 Å². The summed E-state index contributed by atoms with van der Waals surface area (Å²) in [5, 5.41) is 4.83. The average molecular weight is 810 g/mol. The van der Waals surface area contributed by atoms with Crippen LogP contribution in [0.3, 0.4) is 0 Å². The molecule has 0 radical (unpaired) electrons. The minimum Gasteiger partial charge on any atom is -0.310 e. The van der Waals surface area contributed by atoms with Gasteiger partial charge in [-0.25, -0.2) is 4.98 Å². The highest BCUT2D eigenvalue weighted by Crippen LogP contribution is 2.52. The summed E-state index contributed by atoms with van der Waals surface area (Å²) >= 11 is 0. The molecule has 302 valence electrons. The van der Waals surface area contributed by atoms with E-state index in [9.17, 15) is 0 Å². The van der Waals surface area contributed by atoms with Crippen LogP contribution in [0.4, 0.5) is 17.1 Å². The molecule has 0 fully saturated rings. The van der Waals surface area contributed by atoms with Crippen molar-refractivity contribution in [1.82, 2.24) is 9.55 Å². The van der Waals surface area contributed by atoms with Crippen molar-refractivity contribution in [1.29, 1.82) is 0 Å². The topological polar surface area (TPSA) is 21.1 Å². The largest absolute Gasteiger partial charge is 0.310 e. The second-order valence-electron chi connectivity index (χ2n) is 17.8. The summed E-state index contributed by atoms with van der Waals surface area (Å²) in [5.41, 5.74) is 18.4. The quantitative estimate of drug-likeness (QED) is 0.150. The molecule has 0 spiro atoms. The van der Waals surface area contributed by atoms with E-state index in [1.807, 2.05) is 0 Å². The van der Waals surface area contributed by atoms with Gasteiger partial charge in [0.25, 0.3) is 0 Å². The van der Waals surface area contributed by atoms with Gasteiger partial charge in [0, 0.05) is 39.1 Å². The molecule has 63 heavy (non-hydrogen) atoms. The molecule has 3 aliphatic rings. The Kier molecular flexibility index (Phi) is 8.79. The van der Waals surface area contributed by atoms with Gasteiger partial charge in [-0.1, -0.05) is 159 Å². The van der Waals surface area contributed by atoms with Crippen LogP contribution in [0.1, 0.15) is 56.5 Å². The van der Waals surface area contributed by atoms with E-state index >= 15 is 0 Å². The predicted molar refractivity (Wildman–Crippen MR) is 266 cm³/mol. The van der Waals surface area contributed by atoms with Crippen LogP contribution in [0.5, 0.6) is 0 Å². The predicted octanol–water partition coefficient (Wildman–Crippen LogP) is 16.3. The van der Waals surface area contributed by atoms with Gasteiger partial charge in [-0.05, 0) is 141 Å². The van der Waals surface area contributed by atoms with Crippen molar-refractivity contribution in [2.45, 2.75) is 44.9 Å². The number of anilines is 3. The number of imidazole rings is 1. The molecule has 3 aliphatic carbocycles. The lowest BCUT2D eigenvalue weighted by atomic mass is 9.78. The minimum absolute atomic E-state index is 0.0221. The standard InChI is InChI=1S/C60H47N3/c1-60(2)55-24-13-12-23-52(55)53-34-31-49(39-56(53)60)62(47-29-25-41(26-30-47)40-15-6-3-7-16-40)48-22-14-19-43(38-48)44-27-32-50-45(37-44)28-33-54-51(50)35-36-57-58(54)61-59(42-17-8-4-9-18-42)63(57)46-20-10-5-11-21-46/h3,5-8,10-12,14-23,25-39H,4,9,13,24H2,1-2H3. The number of aromatic nitrogens is 2. The van der Waals surface area contributed by atoms with E-state index in [-0.39, 0.29) is 5.41 Å². The lowest BCUT2D eigenvalue weighted by Gasteiger charge is -2.29. The molecule has 0 unspecified atom stereocenters. The van der Waals surface area contributed by atoms with E-state index < -0.39 is 0 Å². The average Bonchev–Trinajstić information content (AvgIpc) is 3.85. The molecule has 0 N–H and O–H groups in total. The Hall–Kier alpha value is -7.49. The van der Waals surface area contributed by atoms with Crippen LogP contribution in [0, 0.1) is 0 Å². The highest BCUT2D eigenvalue weighted by Gasteiger charge is 2.37. The second kappa shape index (κ2) is 14.9. The van der Waals surface area contributed by atoms with Crippen molar-refractivity contribution >= 4 is 60.8 Å². The third-order valence-corrected chi connectivity index (χ3v) is 13.7. The molecule has 1 aromatic heterocycles. The van der Waals surface area contributed by atoms with Gasteiger partial charge in [0.15, 0.2) is 0 Å². The smallest absolute Gasteiger partial charge is 0.145 e. The third kappa shape index (κ3) is 6.22. The minimum atomic E-state index is -0.0221. The zero-order chi connectivity index (χ0) is 42.1. The van der Waals surface area contributed by atoms with E-state index in [0.29, 0.717) is 0 Å². The van der Waals surface area contributed by atoms with E-state index in [0.717, 1.165) is 59.6 Å². The summed E-state index contributed by atoms with van der Waals surface area (Å²) < 4.78 is 2.32. The van der Waals surface area contributed by atoms with Crippen molar-refractivity contribution in [3.05, 3.63) is 223 Å². The normalized spacial score (nSPS) is 15.2. The fourth-order valence-corrected chi connectivity index (χ4v) is 10.5. The molecule has 8 aromatic carbocycles. The van der Waals surface area contributed by atoms with Crippen LogP contribution in [-0.4, -0.2) is 9.55 Å². The molecule has 3 heteroatoms. The van der Waals surface area contributed by atoms with E-state index in [4.69, 9.17) is 4.98 Å². The van der Waals surface area contributed by atoms with Crippen molar-refractivity contribution in [3.63, 3.8) is 0 Å². The first kappa shape index (κ1) is 37.3. The highest BCUT2D eigenvalue weighted by atomic mass is 15.1. The van der Waals surface area contributed by atoms with Gasteiger partial charge in [0.05, 0.1) is 11.0 Å². The van der Waals surface area contributed by atoms with Crippen LogP contribution in [0.25, 0.3) is 71.7 Å². The number of benzene rings is 8. The van der Waals surface area contributed by atoms with Crippen LogP contribution in [0.15, 0.2) is 206 Å². The SMILES string of the molecule is CC1(C)C2=C(C=CCC2)c2ccc(N(c3ccc(-c4ccccc4)cc3)c3cccc(-c4ccc5c(ccc6c5ccc5c6nc(C6=CCCC=C6)n5-c5ccccc5)c4)c3)cc21. The molecular formula is C60H47N3. The zero-order valence-corrected chi connectivity index (χ0v) is 35.7. The Labute approximate surface area is 369 Å². The number of rotatable bonds is 7. The first-order valence-electron chi connectivity index (χ1n) is 22.4. The Morgan fingerprint density at radius 1 is 0.540 bits per heavy atom. The summed E-state index contributed by atoms with van der Waals surface area (Å²) in [4.78, 5) is 7.82. The summed E-state index contributed by atoms with van der Waals surface area (Å²) in [7, 11) is 0. The van der Waals surface area contributed by atoms with Crippen LogP contribution < -0.4 is 4.90 Å². The first-order valence-corrected chi connectivity index (χ1v) is 22.4. The van der Waals surface area contributed by atoms with E-state index in [2.05, 4.69) is 224 Å². The molecule has 1 heterocycles. The number of fused-ring (bicyclic) bond motifs is 7. The van der Waals surface area contributed by atoms with Crippen molar-refractivity contribution < 1.29 is 0 Å². The molecule has 3 nitrogen and oxygen atoms in total. The number of hydrogen-bond acceptors (Lipinski definition) is 2. The Bertz CT molecular complexity index is 3400. The molecule has 0 bridgehead atoms. The molecular weight excluding hydrogens is 763 g/mol. The number of allylic oxidation sites excluding steroid dienone is 8. The van der Waals surface area contributed by atoms with Crippen molar-refractivity contribution in [2.24, 2.45) is 0 Å². The molecule has 9 aromatic rings. The Morgan fingerprint density at radius 2 is 1.24 bits per heavy atom. The highest BCUT2D eigenvalue weighted by molar-refractivity contribution is 6.16. The maximum absolute atomic E-state index is 5.39. The van der Waals surface area contributed by atoms with Crippen LogP contribution in [-0.2, 0) is 5.41 Å². The van der Waals surface area contributed by atoms with Gasteiger partial charge in [-0.15, -0.1) is 0 Å². The van der Waals surface area contributed by atoms with Gasteiger partial charge in [0.1, 0.15) is 5.82 Å². The third-order valence-electron chi connectivity index (χ3n) is 13.7. The van der Waals surface area contributed by atoms with Crippen LogP contribution in [0.2, 0.25) is 0 Å². The molecule has 0 aliphatic heterocycles. The fraction of sp³-hybridized carbons (Fsp3) is 0.117. The van der Waals surface area contributed by atoms with E-state index in [1.54, 1.807) is 5.57 Å². The maximum atomic E-state index is 5.39. The number of hydrogen-bond donors (Lipinski definition) is 0. The Balaban J connectivity index is 0.953. The van der Waals surface area contributed by atoms with Gasteiger partial charge in [-0.3, -0.25) is 4.57 Å². The summed E-state index contributed by atoms with van der Waals surface area (Å²) in [6.07, 6.45) is 15.8. The summed E-state index contributed by atoms with van der Waals surface area (Å²) in [5.74, 6) is 0.993. The first-order chi connectivity index (χ1) is 31.0. The van der Waals surface area contributed by atoms with Crippen molar-refractivity contribution in [2.75, 3.05) is 4.90 Å². The molecule has 0 amide bonds. The molecule has 0 saturated carbocycles. The van der Waals surface area contributed by atoms with Gasteiger partial charge in [0.2, 0.25) is 0 Å². The fourth-order valence-electron chi connectivity index (χ4n) is 10.5. The van der Waals surface area contributed by atoms with Crippen molar-refractivity contribution in [3.8, 4) is 27.9 Å². The van der Waals surface area contributed by atoms with Crippen LogP contribution >= 0.6 is 0 Å². The molecule has 0 atom stereocenters. The lowest BCUT2D eigenvalue weighted by Crippen LogP contribution is -2.18. The summed E-state index contributed by atoms with van der Waals surface area (Å²) in [6.45, 7) is 4.81. The second-order valence-corrected chi connectivity index (χ2v) is 17.8. The van der Waals surface area contributed by atoms with Gasteiger partial charge < -0.3 is 4.90 Å². The van der Waals surface area contributed by atoms with Gasteiger partial charge >= 0.3 is 0 Å². The van der Waals surface area contributed by atoms with Gasteiger partial charge in [-0.2, -0.15) is 0 Å². The maximum Gasteiger partial charge on any atom is 0.145 e. The summed E-state index contributed by atoms with van der Waals surface area (Å²) in [6, 6.07) is 62.5.